The summed E-state index contributed by atoms with van der Waals surface area (Å²) in [4.78, 5) is 23.7. The molecule has 1 heterocycles. The molecule has 1 N–H and O–H groups in total. The first-order valence-electron chi connectivity index (χ1n) is 9.04. The summed E-state index contributed by atoms with van der Waals surface area (Å²) in [5.41, 5.74) is 0.845. The Hall–Kier alpha value is -3.07. The standard InChI is InChI=1S/C20H21NO7S/c1-3-26-16-8-6-15(7-9-16)21-29(24,25)18-12-14(5-4-13(18)2)19(22)28-17-10-11-27-20(17)23/h4-9,12,17,21H,3,10-11H2,1-2H3/t17-/m1/s1. The van der Waals surface area contributed by atoms with Crippen LogP contribution < -0.4 is 9.46 Å². The van der Waals surface area contributed by atoms with E-state index in [4.69, 9.17) is 14.2 Å². The van der Waals surface area contributed by atoms with Gasteiger partial charge >= 0.3 is 11.9 Å². The van der Waals surface area contributed by atoms with E-state index in [9.17, 15) is 18.0 Å². The summed E-state index contributed by atoms with van der Waals surface area (Å²) in [7, 11) is -3.95. The second-order valence-corrected chi connectivity index (χ2v) is 8.04. The summed E-state index contributed by atoms with van der Waals surface area (Å²) < 4.78 is 43.4. The van der Waals surface area contributed by atoms with E-state index in [0.717, 1.165) is 0 Å². The minimum Gasteiger partial charge on any atom is -0.494 e. The van der Waals surface area contributed by atoms with E-state index in [-0.39, 0.29) is 23.5 Å². The Kier molecular flexibility index (Phi) is 6.07. The van der Waals surface area contributed by atoms with Gasteiger partial charge in [0, 0.05) is 12.1 Å². The maximum Gasteiger partial charge on any atom is 0.347 e. The van der Waals surface area contributed by atoms with E-state index >= 15 is 0 Å². The molecule has 1 saturated heterocycles. The van der Waals surface area contributed by atoms with Crippen LogP contribution in [0.4, 0.5) is 5.69 Å². The first-order valence-corrected chi connectivity index (χ1v) is 10.5. The molecule has 2 aromatic carbocycles. The lowest BCUT2D eigenvalue weighted by atomic mass is 10.1. The molecular weight excluding hydrogens is 398 g/mol. The quantitative estimate of drug-likeness (QED) is 0.688. The van der Waals surface area contributed by atoms with Gasteiger partial charge in [-0.25, -0.2) is 18.0 Å². The number of aryl methyl sites for hydroxylation is 1. The molecule has 2 aromatic rings. The number of benzene rings is 2. The topological polar surface area (TPSA) is 108 Å². The predicted molar refractivity (Wildman–Crippen MR) is 104 cm³/mol. The van der Waals surface area contributed by atoms with Crippen LogP contribution in [0.25, 0.3) is 0 Å². The first kappa shape index (κ1) is 20.7. The monoisotopic (exact) mass is 419 g/mol. The lowest BCUT2D eigenvalue weighted by molar-refractivity contribution is -0.145. The molecule has 9 heteroatoms. The van der Waals surface area contributed by atoms with Gasteiger partial charge in [-0.05, 0) is 55.8 Å². The minimum absolute atomic E-state index is 0.0300. The van der Waals surface area contributed by atoms with Gasteiger partial charge in [-0.15, -0.1) is 0 Å². The number of esters is 2. The largest absolute Gasteiger partial charge is 0.494 e. The molecule has 0 unspecified atom stereocenters. The lowest BCUT2D eigenvalue weighted by Gasteiger charge is -2.13. The zero-order chi connectivity index (χ0) is 21.0. The Bertz CT molecular complexity index is 1020. The molecular formula is C20H21NO7S. The summed E-state index contributed by atoms with van der Waals surface area (Å²) in [6, 6.07) is 10.7. The molecule has 1 atom stereocenters. The molecule has 1 aliphatic rings. The number of nitrogens with one attached hydrogen (secondary N) is 1. The molecule has 8 nitrogen and oxygen atoms in total. The van der Waals surface area contributed by atoms with Crippen molar-refractivity contribution in [3.8, 4) is 5.75 Å². The Morgan fingerprint density at radius 2 is 1.93 bits per heavy atom. The highest BCUT2D eigenvalue weighted by Gasteiger charge is 2.31. The number of cyclic esters (lactones) is 1. The SMILES string of the molecule is CCOc1ccc(NS(=O)(=O)c2cc(C(=O)O[C@@H]3CCOC3=O)ccc2C)cc1. The summed E-state index contributed by atoms with van der Waals surface area (Å²) in [5.74, 6) is -0.761. The van der Waals surface area contributed by atoms with Crippen LogP contribution in [-0.2, 0) is 24.3 Å². The normalized spacial score (nSPS) is 16.2. The molecule has 1 fully saturated rings. The third-order valence-electron chi connectivity index (χ3n) is 4.27. The highest BCUT2D eigenvalue weighted by atomic mass is 32.2. The first-order chi connectivity index (χ1) is 13.8. The zero-order valence-corrected chi connectivity index (χ0v) is 16.8. The zero-order valence-electron chi connectivity index (χ0n) is 16.0. The van der Waals surface area contributed by atoms with E-state index in [1.165, 1.54) is 18.2 Å². The van der Waals surface area contributed by atoms with Gasteiger partial charge < -0.3 is 14.2 Å². The van der Waals surface area contributed by atoms with Crippen LogP contribution in [0, 0.1) is 6.92 Å². The lowest BCUT2D eigenvalue weighted by Crippen LogP contribution is -2.23. The van der Waals surface area contributed by atoms with Gasteiger partial charge in [0.25, 0.3) is 10.0 Å². The molecule has 1 aliphatic heterocycles. The van der Waals surface area contributed by atoms with E-state index in [1.54, 1.807) is 31.2 Å². The van der Waals surface area contributed by atoms with E-state index in [1.807, 2.05) is 6.92 Å². The van der Waals surface area contributed by atoms with Gasteiger partial charge in [0.1, 0.15) is 5.75 Å². The summed E-state index contributed by atoms with van der Waals surface area (Å²) in [6.07, 6.45) is -0.688. The Labute approximate surface area is 168 Å². The van der Waals surface area contributed by atoms with Gasteiger partial charge in [-0.3, -0.25) is 4.72 Å². The summed E-state index contributed by atoms with van der Waals surface area (Å²) in [6.45, 7) is 4.17. The van der Waals surface area contributed by atoms with Crippen molar-refractivity contribution in [2.75, 3.05) is 17.9 Å². The van der Waals surface area contributed by atoms with Crippen LogP contribution in [0.1, 0.15) is 29.3 Å². The maximum atomic E-state index is 12.8. The Morgan fingerprint density at radius 1 is 1.21 bits per heavy atom. The molecule has 0 aromatic heterocycles. The number of rotatable bonds is 7. The fraction of sp³-hybridized carbons (Fsp3) is 0.300. The van der Waals surface area contributed by atoms with Gasteiger partial charge in [0.2, 0.25) is 6.10 Å². The fourth-order valence-electron chi connectivity index (χ4n) is 2.79. The van der Waals surface area contributed by atoms with Gasteiger partial charge in [0.05, 0.1) is 23.7 Å². The number of anilines is 1. The number of carbonyl (C=O) groups excluding carboxylic acids is 2. The molecule has 0 aliphatic carbocycles. The second kappa shape index (κ2) is 8.52. The maximum absolute atomic E-state index is 12.8. The van der Waals surface area contributed by atoms with E-state index in [2.05, 4.69) is 4.72 Å². The number of hydrogen-bond donors (Lipinski definition) is 1. The molecule has 0 spiro atoms. The van der Waals surface area contributed by atoms with Crippen molar-refractivity contribution in [2.24, 2.45) is 0 Å². The number of hydrogen-bond acceptors (Lipinski definition) is 7. The number of sulfonamides is 1. The summed E-state index contributed by atoms with van der Waals surface area (Å²) >= 11 is 0. The molecule has 0 radical (unpaired) electrons. The third-order valence-corrected chi connectivity index (χ3v) is 5.79. The molecule has 0 saturated carbocycles. The fourth-order valence-corrected chi connectivity index (χ4v) is 4.12. The van der Waals surface area contributed by atoms with Crippen LogP contribution >= 0.6 is 0 Å². The summed E-state index contributed by atoms with van der Waals surface area (Å²) in [5, 5.41) is 0. The van der Waals surface area contributed by atoms with Gasteiger partial charge in [-0.1, -0.05) is 6.07 Å². The number of ether oxygens (including phenoxy) is 3. The Balaban J connectivity index is 1.80. The van der Waals surface area contributed by atoms with Gasteiger partial charge in [0.15, 0.2) is 0 Å². The molecule has 3 rings (SSSR count). The molecule has 29 heavy (non-hydrogen) atoms. The second-order valence-electron chi connectivity index (χ2n) is 6.39. The van der Waals surface area contributed by atoms with E-state index in [0.29, 0.717) is 23.6 Å². The average Bonchev–Trinajstić information content (AvgIpc) is 3.08. The highest BCUT2D eigenvalue weighted by molar-refractivity contribution is 7.92. The van der Waals surface area contributed by atoms with Crippen molar-refractivity contribution in [2.45, 2.75) is 31.3 Å². The molecule has 0 amide bonds. The van der Waals surface area contributed by atoms with Gasteiger partial charge in [-0.2, -0.15) is 0 Å². The van der Waals surface area contributed by atoms with Crippen molar-refractivity contribution in [1.29, 1.82) is 0 Å². The predicted octanol–water partition coefficient (Wildman–Crippen LogP) is 2.67. The number of carbonyl (C=O) groups is 2. The highest BCUT2D eigenvalue weighted by Crippen LogP contribution is 2.23. The van der Waals surface area contributed by atoms with E-state index < -0.39 is 28.1 Å². The smallest absolute Gasteiger partial charge is 0.347 e. The van der Waals surface area contributed by atoms with Crippen LogP contribution in [0.15, 0.2) is 47.4 Å². The Morgan fingerprint density at radius 3 is 2.55 bits per heavy atom. The van der Waals surface area contributed by atoms with Crippen LogP contribution in [0.5, 0.6) is 5.75 Å². The van der Waals surface area contributed by atoms with Crippen LogP contribution in [0.2, 0.25) is 0 Å². The minimum atomic E-state index is -3.95. The van der Waals surface area contributed by atoms with Crippen molar-refractivity contribution in [1.82, 2.24) is 0 Å². The van der Waals surface area contributed by atoms with Crippen molar-refractivity contribution < 1.29 is 32.2 Å². The van der Waals surface area contributed by atoms with Crippen molar-refractivity contribution in [3.05, 3.63) is 53.6 Å². The molecule has 0 bridgehead atoms. The third kappa shape index (κ3) is 4.86. The van der Waals surface area contributed by atoms with Crippen molar-refractivity contribution in [3.63, 3.8) is 0 Å². The average molecular weight is 419 g/mol. The molecule has 154 valence electrons. The van der Waals surface area contributed by atoms with Crippen LogP contribution in [0.3, 0.4) is 0 Å². The van der Waals surface area contributed by atoms with Crippen molar-refractivity contribution >= 4 is 27.6 Å². The van der Waals surface area contributed by atoms with Crippen LogP contribution in [-0.4, -0.2) is 39.7 Å².